The fraction of sp³-hybridized carbons (Fsp3) is 0.615. The van der Waals surface area contributed by atoms with Crippen LogP contribution >= 0.6 is 0 Å². The van der Waals surface area contributed by atoms with Crippen LogP contribution in [0.15, 0.2) is 34.9 Å². The molecule has 0 amide bonds. The SMILES string of the molecule is C=C1[C@@]2(C)C[C@H]3C(C)=C4CC(=O)OC(C)(C)C4=CC[C@]3(C)[C@@]1(C(=O)OC)C(=O)[C@@](C)(O)C2=O. The van der Waals surface area contributed by atoms with Crippen LogP contribution in [0.5, 0.6) is 0 Å². The molecule has 0 radical (unpaired) electrons. The molecule has 2 saturated carbocycles. The van der Waals surface area contributed by atoms with Crippen LogP contribution in [0.2, 0.25) is 0 Å². The molecule has 4 aliphatic rings. The zero-order valence-electron chi connectivity index (χ0n) is 20.4. The van der Waals surface area contributed by atoms with E-state index >= 15 is 0 Å². The third-order valence-corrected chi connectivity index (χ3v) is 8.97. The second-order valence-electron chi connectivity index (χ2n) is 11.1. The normalized spacial score (nSPS) is 42.1. The summed E-state index contributed by atoms with van der Waals surface area (Å²) in [5, 5.41) is 11.1. The van der Waals surface area contributed by atoms with Gasteiger partial charge in [-0.25, -0.2) is 0 Å². The van der Waals surface area contributed by atoms with Gasteiger partial charge in [-0.05, 0) is 70.1 Å². The number of fused-ring (bicyclic) bond motifs is 5. The molecule has 1 aliphatic heterocycles. The van der Waals surface area contributed by atoms with Crippen molar-refractivity contribution in [2.24, 2.45) is 22.2 Å². The Morgan fingerprint density at radius 2 is 1.76 bits per heavy atom. The molecule has 3 aliphatic carbocycles. The van der Waals surface area contributed by atoms with Crippen LogP contribution in [0, 0.1) is 22.2 Å². The second kappa shape index (κ2) is 6.53. The Kier molecular flexibility index (Phi) is 4.67. The molecule has 1 N–H and O–H groups in total. The van der Waals surface area contributed by atoms with E-state index in [9.17, 15) is 24.3 Å². The zero-order valence-corrected chi connectivity index (χ0v) is 20.4. The van der Waals surface area contributed by atoms with Gasteiger partial charge in [-0.2, -0.15) is 0 Å². The molecule has 33 heavy (non-hydrogen) atoms. The lowest BCUT2D eigenvalue weighted by Gasteiger charge is -2.63. The van der Waals surface area contributed by atoms with E-state index in [1.54, 1.807) is 6.92 Å². The van der Waals surface area contributed by atoms with Crippen LogP contribution in [0.25, 0.3) is 0 Å². The van der Waals surface area contributed by atoms with Gasteiger partial charge in [-0.1, -0.05) is 25.2 Å². The van der Waals surface area contributed by atoms with Gasteiger partial charge in [0, 0.05) is 5.41 Å². The maximum absolute atomic E-state index is 14.0. The summed E-state index contributed by atoms with van der Waals surface area (Å²) in [6.45, 7) is 14.3. The van der Waals surface area contributed by atoms with Crippen molar-refractivity contribution in [3.05, 3.63) is 34.9 Å². The van der Waals surface area contributed by atoms with E-state index in [-0.39, 0.29) is 30.8 Å². The van der Waals surface area contributed by atoms with Gasteiger partial charge in [0.1, 0.15) is 5.60 Å². The Balaban J connectivity index is 2.10. The van der Waals surface area contributed by atoms with Gasteiger partial charge in [-0.15, -0.1) is 0 Å². The quantitative estimate of drug-likeness (QED) is 0.367. The van der Waals surface area contributed by atoms with Crippen molar-refractivity contribution in [2.75, 3.05) is 7.11 Å². The monoisotopic (exact) mass is 456 g/mol. The minimum absolute atomic E-state index is 0.0795. The highest BCUT2D eigenvalue weighted by Gasteiger charge is 2.78. The molecule has 0 spiro atoms. The van der Waals surface area contributed by atoms with E-state index < -0.39 is 50.9 Å². The molecule has 5 atom stereocenters. The molecule has 2 bridgehead atoms. The van der Waals surface area contributed by atoms with Gasteiger partial charge >= 0.3 is 11.9 Å². The Hall–Kier alpha value is -2.54. The van der Waals surface area contributed by atoms with Crippen molar-refractivity contribution in [2.45, 2.75) is 72.0 Å². The van der Waals surface area contributed by atoms with Crippen LogP contribution in [-0.2, 0) is 28.7 Å². The summed E-state index contributed by atoms with van der Waals surface area (Å²) >= 11 is 0. The van der Waals surface area contributed by atoms with Crippen molar-refractivity contribution in [1.29, 1.82) is 0 Å². The zero-order chi connectivity index (χ0) is 24.9. The van der Waals surface area contributed by atoms with Gasteiger partial charge in [0.15, 0.2) is 22.6 Å². The predicted molar refractivity (Wildman–Crippen MR) is 119 cm³/mol. The van der Waals surface area contributed by atoms with Gasteiger partial charge in [-0.3, -0.25) is 19.2 Å². The van der Waals surface area contributed by atoms with Gasteiger partial charge in [0.2, 0.25) is 0 Å². The highest BCUT2D eigenvalue weighted by atomic mass is 16.6. The smallest absolute Gasteiger partial charge is 0.324 e. The molecule has 3 fully saturated rings. The predicted octanol–water partition coefficient (Wildman–Crippen LogP) is 3.01. The van der Waals surface area contributed by atoms with Gasteiger partial charge in [0.25, 0.3) is 0 Å². The topological polar surface area (TPSA) is 107 Å². The lowest BCUT2D eigenvalue weighted by Crippen LogP contribution is -2.74. The molecule has 0 aromatic rings. The number of aliphatic hydroxyl groups is 1. The molecular formula is C26H32O7. The summed E-state index contributed by atoms with van der Waals surface area (Å²) < 4.78 is 10.8. The van der Waals surface area contributed by atoms with Crippen LogP contribution in [-0.4, -0.2) is 46.9 Å². The van der Waals surface area contributed by atoms with E-state index in [0.717, 1.165) is 16.7 Å². The maximum Gasteiger partial charge on any atom is 0.324 e. The molecule has 1 saturated heterocycles. The average molecular weight is 457 g/mol. The molecule has 7 nitrogen and oxygen atoms in total. The summed E-state index contributed by atoms with van der Waals surface area (Å²) in [7, 11) is 1.20. The number of Topliss-reactive ketones (excluding diaryl/α,β-unsaturated/α-hetero) is 2. The van der Waals surface area contributed by atoms with E-state index in [1.165, 1.54) is 14.0 Å². The number of cyclic esters (lactones) is 1. The highest BCUT2D eigenvalue weighted by Crippen LogP contribution is 2.70. The van der Waals surface area contributed by atoms with E-state index in [1.807, 2.05) is 33.8 Å². The Bertz CT molecular complexity index is 1090. The number of ether oxygens (including phenoxy) is 2. The minimum atomic E-state index is -2.36. The van der Waals surface area contributed by atoms with Gasteiger partial charge < -0.3 is 14.6 Å². The number of ketones is 2. The number of hydrogen-bond donors (Lipinski definition) is 1. The van der Waals surface area contributed by atoms with Crippen molar-refractivity contribution < 1.29 is 33.8 Å². The van der Waals surface area contributed by atoms with Crippen LogP contribution in [0.4, 0.5) is 0 Å². The molecule has 0 unspecified atom stereocenters. The lowest BCUT2D eigenvalue weighted by atomic mass is 9.36. The largest absolute Gasteiger partial charge is 0.468 e. The van der Waals surface area contributed by atoms with Crippen molar-refractivity contribution >= 4 is 23.5 Å². The molecular weight excluding hydrogens is 424 g/mol. The average Bonchev–Trinajstić information content (AvgIpc) is 2.82. The summed E-state index contributed by atoms with van der Waals surface area (Å²) in [5.41, 5.74) is -4.89. The Morgan fingerprint density at radius 1 is 1.15 bits per heavy atom. The summed E-state index contributed by atoms with van der Waals surface area (Å²) in [6, 6.07) is 0. The minimum Gasteiger partial charge on any atom is -0.468 e. The summed E-state index contributed by atoms with van der Waals surface area (Å²) in [4.78, 5) is 53.5. The number of methoxy groups -OCH3 is 1. The first-order valence-electron chi connectivity index (χ1n) is 11.3. The molecule has 0 aromatic heterocycles. The third kappa shape index (κ3) is 2.49. The van der Waals surface area contributed by atoms with Crippen LogP contribution < -0.4 is 0 Å². The van der Waals surface area contributed by atoms with Crippen molar-refractivity contribution in [3.8, 4) is 0 Å². The first kappa shape index (κ1) is 23.6. The third-order valence-electron chi connectivity index (χ3n) is 8.97. The fourth-order valence-electron chi connectivity index (χ4n) is 7.16. The number of carbonyl (C=O) groups is 4. The summed E-state index contributed by atoms with van der Waals surface area (Å²) in [6.07, 6.45) is 2.55. The number of carbonyl (C=O) groups excluding carboxylic acids is 4. The van der Waals surface area contributed by atoms with E-state index in [0.29, 0.717) is 0 Å². The first-order valence-corrected chi connectivity index (χ1v) is 11.3. The number of allylic oxidation sites excluding steroid dienone is 2. The van der Waals surface area contributed by atoms with E-state index in [2.05, 4.69) is 6.58 Å². The first-order chi connectivity index (χ1) is 15.0. The molecule has 4 rings (SSSR count). The Labute approximate surface area is 193 Å². The fourth-order valence-corrected chi connectivity index (χ4v) is 7.16. The van der Waals surface area contributed by atoms with Crippen molar-refractivity contribution in [3.63, 3.8) is 0 Å². The molecule has 0 aromatic carbocycles. The van der Waals surface area contributed by atoms with Gasteiger partial charge in [0.05, 0.1) is 18.9 Å². The second-order valence-corrected chi connectivity index (χ2v) is 11.1. The number of hydrogen-bond acceptors (Lipinski definition) is 7. The highest BCUT2D eigenvalue weighted by molar-refractivity contribution is 6.26. The lowest BCUT2D eigenvalue weighted by molar-refractivity contribution is -0.192. The maximum atomic E-state index is 14.0. The Morgan fingerprint density at radius 3 is 2.33 bits per heavy atom. The van der Waals surface area contributed by atoms with Crippen LogP contribution in [0.1, 0.15) is 60.8 Å². The number of rotatable bonds is 1. The molecule has 178 valence electrons. The summed E-state index contributed by atoms with van der Waals surface area (Å²) in [5.74, 6) is -3.14. The standard InChI is InChI=1S/C26H32O7/c1-13-15-11-18(27)33-22(3,4)16(15)9-10-24(6)17(13)12-23(5)14(2)26(24,21(30)32-8)20(29)25(7,31)19(23)28/h9,17,31H,2,10-12H2,1,3-8H3/t17-,23+,24-,25-,26+/m0/s1. The molecule has 1 heterocycles. The van der Waals surface area contributed by atoms with E-state index in [4.69, 9.17) is 9.47 Å². The van der Waals surface area contributed by atoms with Crippen molar-refractivity contribution in [1.82, 2.24) is 0 Å². The molecule has 7 heteroatoms. The van der Waals surface area contributed by atoms with Crippen LogP contribution in [0.3, 0.4) is 0 Å². The number of esters is 2.